The molecule has 1 atom stereocenters. The molecule has 0 amide bonds. The van der Waals surface area contributed by atoms with Crippen LogP contribution in [0.5, 0.6) is 5.75 Å². The Kier molecular flexibility index (Phi) is 3.72. The number of hydrogen-bond acceptors (Lipinski definition) is 2. The van der Waals surface area contributed by atoms with Gasteiger partial charge in [-0.15, -0.1) is 0 Å². The Bertz CT molecular complexity index is 553. The second-order valence-electron chi connectivity index (χ2n) is 4.79. The van der Waals surface area contributed by atoms with Crippen molar-refractivity contribution in [3.8, 4) is 5.75 Å². The Morgan fingerprint density at radius 2 is 1.89 bits per heavy atom. The molecular weight excluding hydrogens is 258 g/mol. The molecule has 0 saturated heterocycles. The van der Waals surface area contributed by atoms with Gasteiger partial charge in [-0.25, -0.2) is 0 Å². The second-order valence-corrected chi connectivity index (χ2v) is 5.23. The number of nitrogens with one attached hydrogen (secondary N) is 1. The molecule has 1 N–H and O–H groups in total. The number of hydrogen-bond donors (Lipinski definition) is 1. The minimum Gasteiger partial charge on any atom is -0.493 e. The van der Waals surface area contributed by atoms with Crippen LogP contribution in [0.3, 0.4) is 0 Å². The van der Waals surface area contributed by atoms with E-state index in [4.69, 9.17) is 16.3 Å². The molecule has 2 aromatic rings. The molecule has 1 heterocycles. The lowest BCUT2D eigenvalue weighted by Crippen LogP contribution is -2.31. The highest BCUT2D eigenvalue weighted by atomic mass is 35.5. The van der Waals surface area contributed by atoms with E-state index in [1.165, 1.54) is 11.1 Å². The zero-order valence-electron chi connectivity index (χ0n) is 10.6. The Labute approximate surface area is 118 Å². The second kappa shape index (κ2) is 5.64. The SMILES string of the molecule is Clc1ccc(OCC2CNCc3ccccc32)cc1. The molecule has 0 fully saturated rings. The summed E-state index contributed by atoms with van der Waals surface area (Å²) in [4.78, 5) is 0. The molecule has 1 aliphatic heterocycles. The lowest BCUT2D eigenvalue weighted by molar-refractivity contribution is 0.278. The zero-order chi connectivity index (χ0) is 13.1. The third-order valence-corrected chi connectivity index (χ3v) is 3.72. The summed E-state index contributed by atoms with van der Waals surface area (Å²) >= 11 is 5.86. The molecule has 98 valence electrons. The van der Waals surface area contributed by atoms with Crippen LogP contribution in [0.15, 0.2) is 48.5 Å². The fourth-order valence-corrected chi connectivity index (χ4v) is 2.59. The Morgan fingerprint density at radius 3 is 2.74 bits per heavy atom. The van der Waals surface area contributed by atoms with Gasteiger partial charge in [0.1, 0.15) is 5.75 Å². The molecule has 0 bridgehead atoms. The minimum atomic E-state index is 0.403. The van der Waals surface area contributed by atoms with Crippen LogP contribution in [0.1, 0.15) is 17.0 Å². The smallest absolute Gasteiger partial charge is 0.119 e. The molecule has 0 radical (unpaired) electrons. The lowest BCUT2D eigenvalue weighted by Gasteiger charge is -2.26. The van der Waals surface area contributed by atoms with Gasteiger partial charge in [0.15, 0.2) is 0 Å². The average Bonchev–Trinajstić information content (AvgIpc) is 2.47. The van der Waals surface area contributed by atoms with Crippen molar-refractivity contribution in [2.24, 2.45) is 0 Å². The molecule has 1 unspecified atom stereocenters. The highest BCUT2D eigenvalue weighted by molar-refractivity contribution is 6.30. The van der Waals surface area contributed by atoms with E-state index in [-0.39, 0.29) is 0 Å². The number of fused-ring (bicyclic) bond motifs is 1. The van der Waals surface area contributed by atoms with E-state index >= 15 is 0 Å². The first-order valence-corrected chi connectivity index (χ1v) is 6.87. The van der Waals surface area contributed by atoms with Crippen LogP contribution < -0.4 is 10.1 Å². The van der Waals surface area contributed by atoms with Crippen LogP contribution in [0.4, 0.5) is 0 Å². The Morgan fingerprint density at radius 1 is 1.11 bits per heavy atom. The van der Waals surface area contributed by atoms with Crippen LogP contribution in [-0.4, -0.2) is 13.2 Å². The monoisotopic (exact) mass is 273 g/mol. The van der Waals surface area contributed by atoms with Crippen molar-refractivity contribution in [3.05, 3.63) is 64.7 Å². The van der Waals surface area contributed by atoms with Crippen molar-refractivity contribution in [3.63, 3.8) is 0 Å². The number of benzene rings is 2. The predicted molar refractivity (Wildman–Crippen MR) is 77.8 cm³/mol. The standard InChI is InChI=1S/C16H16ClNO/c17-14-5-7-15(8-6-14)19-11-13-10-18-9-12-3-1-2-4-16(12)13/h1-8,13,18H,9-11H2. The van der Waals surface area contributed by atoms with E-state index in [0.717, 1.165) is 23.9 Å². The summed E-state index contributed by atoms with van der Waals surface area (Å²) in [6.07, 6.45) is 0. The van der Waals surface area contributed by atoms with Gasteiger partial charge in [0.05, 0.1) is 6.61 Å². The van der Waals surface area contributed by atoms with Crippen molar-refractivity contribution in [2.45, 2.75) is 12.5 Å². The summed E-state index contributed by atoms with van der Waals surface area (Å²) in [6.45, 7) is 2.60. The van der Waals surface area contributed by atoms with Crippen molar-refractivity contribution >= 4 is 11.6 Å². The summed E-state index contributed by atoms with van der Waals surface area (Å²) in [7, 11) is 0. The van der Waals surface area contributed by atoms with E-state index in [1.807, 2.05) is 24.3 Å². The lowest BCUT2D eigenvalue weighted by atomic mass is 9.91. The normalized spacial score (nSPS) is 17.8. The van der Waals surface area contributed by atoms with Crippen LogP contribution >= 0.6 is 11.6 Å². The molecule has 1 aliphatic rings. The summed E-state index contributed by atoms with van der Waals surface area (Å²) in [5, 5.41) is 4.17. The third kappa shape index (κ3) is 2.91. The maximum Gasteiger partial charge on any atom is 0.119 e. The summed E-state index contributed by atoms with van der Waals surface area (Å²) in [5.41, 5.74) is 2.77. The van der Waals surface area contributed by atoms with Gasteiger partial charge >= 0.3 is 0 Å². The fourth-order valence-electron chi connectivity index (χ4n) is 2.46. The highest BCUT2D eigenvalue weighted by Crippen LogP contribution is 2.25. The van der Waals surface area contributed by atoms with Crippen LogP contribution in [0.25, 0.3) is 0 Å². The largest absolute Gasteiger partial charge is 0.493 e. The molecule has 0 aromatic heterocycles. The van der Waals surface area contributed by atoms with Gasteiger partial charge in [-0.05, 0) is 35.4 Å². The van der Waals surface area contributed by atoms with Crippen LogP contribution in [-0.2, 0) is 6.54 Å². The van der Waals surface area contributed by atoms with E-state index in [0.29, 0.717) is 12.5 Å². The summed E-state index contributed by atoms with van der Waals surface area (Å²) < 4.78 is 5.86. The predicted octanol–water partition coefficient (Wildman–Crippen LogP) is 3.61. The molecular formula is C16H16ClNO. The quantitative estimate of drug-likeness (QED) is 0.922. The molecule has 0 spiro atoms. The third-order valence-electron chi connectivity index (χ3n) is 3.47. The van der Waals surface area contributed by atoms with Crippen LogP contribution in [0.2, 0.25) is 5.02 Å². The van der Waals surface area contributed by atoms with Gasteiger partial charge in [0.25, 0.3) is 0 Å². The molecule has 19 heavy (non-hydrogen) atoms. The van der Waals surface area contributed by atoms with Gasteiger partial charge in [-0.3, -0.25) is 0 Å². The molecule has 2 nitrogen and oxygen atoms in total. The van der Waals surface area contributed by atoms with Crippen molar-refractivity contribution in [1.29, 1.82) is 0 Å². The van der Waals surface area contributed by atoms with Gasteiger partial charge in [-0.2, -0.15) is 0 Å². The van der Waals surface area contributed by atoms with E-state index < -0.39 is 0 Å². The average molecular weight is 274 g/mol. The first-order valence-electron chi connectivity index (χ1n) is 6.50. The molecule has 0 saturated carbocycles. The maximum atomic E-state index is 5.86. The first kappa shape index (κ1) is 12.5. The first-order chi connectivity index (χ1) is 9.33. The molecule has 3 heteroatoms. The fraction of sp³-hybridized carbons (Fsp3) is 0.250. The molecule has 3 rings (SSSR count). The number of ether oxygens (including phenoxy) is 1. The van der Waals surface area contributed by atoms with Gasteiger partial charge < -0.3 is 10.1 Å². The van der Waals surface area contributed by atoms with Crippen LogP contribution in [0, 0.1) is 0 Å². The number of halogens is 1. The van der Waals surface area contributed by atoms with E-state index in [1.54, 1.807) is 0 Å². The zero-order valence-corrected chi connectivity index (χ0v) is 11.4. The molecule has 0 aliphatic carbocycles. The van der Waals surface area contributed by atoms with E-state index in [2.05, 4.69) is 29.6 Å². The number of rotatable bonds is 3. The van der Waals surface area contributed by atoms with Crippen molar-refractivity contribution in [2.75, 3.05) is 13.2 Å². The van der Waals surface area contributed by atoms with Crippen molar-refractivity contribution < 1.29 is 4.74 Å². The minimum absolute atomic E-state index is 0.403. The van der Waals surface area contributed by atoms with E-state index in [9.17, 15) is 0 Å². The topological polar surface area (TPSA) is 21.3 Å². The Hall–Kier alpha value is -1.51. The maximum absolute atomic E-state index is 5.86. The Balaban J connectivity index is 1.69. The van der Waals surface area contributed by atoms with Crippen molar-refractivity contribution in [1.82, 2.24) is 5.32 Å². The summed E-state index contributed by atoms with van der Waals surface area (Å²) in [6, 6.07) is 16.1. The highest BCUT2D eigenvalue weighted by Gasteiger charge is 2.19. The summed E-state index contributed by atoms with van der Waals surface area (Å²) in [5.74, 6) is 1.27. The van der Waals surface area contributed by atoms with Gasteiger partial charge in [0, 0.05) is 24.0 Å². The van der Waals surface area contributed by atoms with Gasteiger partial charge in [0.2, 0.25) is 0 Å². The van der Waals surface area contributed by atoms with Gasteiger partial charge in [-0.1, -0.05) is 35.9 Å². The molecule has 2 aromatic carbocycles.